The number of hydrogen-bond acceptors (Lipinski definition) is 3. The van der Waals surface area contributed by atoms with Gasteiger partial charge in [-0.2, -0.15) is 0 Å². The summed E-state index contributed by atoms with van der Waals surface area (Å²) in [6.45, 7) is 2.27. The van der Waals surface area contributed by atoms with Gasteiger partial charge in [-0.1, -0.05) is 84.0 Å². The topological polar surface area (TPSA) is 26.3 Å². The van der Waals surface area contributed by atoms with Gasteiger partial charge in [0.2, 0.25) is 0 Å². The minimum atomic E-state index is -0.135. The number of ether oxygens (including phenoxy) is 1. The maximum atomic E-state index is 11.1. The summed E-state index contributed by atoms with van der Waals surface area (Å²) in [7, 11) is 0. The zero-order valence-electron chi connectivity index (χ0n) is 13.7. The summed E-state index contributed by atoms with van der Waals surface area (Å²) >= 11 is 5.06. The van der Waals surface area contributed by atoms with Gasteiger partial charge in [-0.15, -0.1) is 0 Å². The summed E-state index contributed by atoms with van der Waals surface area (Å²) in [5.41, 5.74) is 0. The Balaban J connectivity index is 1.79. The van der Waals surface area contributed by atoms with Crippen LogP contribution in [0.2, 0.25) is 0 Å². The van der Waals surface area contributed by atoms with Crippen molar-refractivity contribution in [1.82, 2.24) is 0 Å². The van der Waals surface area contributed by atoms with Crippen LogP contribution in [0.25, 0.3) is 0 Å². The molecule has 0 bridgehead atoms. The van der Waals surface area contributed by atoms with Gasteiger partial charge in [0.25, 0.3) is 0 Å². The van der Waals surface area contributed by atoms with Gasteiger partial charge in [0.15, 0.2) is 5.05 Å². The average molecular weight is 313 g/mol. The van der Waals surface area contributed by atoms with Crippen molar-refractivity contribution < 1.29 is 9.53 Å². The van der Waals surface area contributed by atoms with Crippen molar-refractivity contribution in [3.63, 3.8) is 0 Å². The minimum absolute atomic E-state index is 0.135. The normalized spacial score (nSPS) is 18.2. The van der Waals surface area contributed by atoms with Gasteiger partial charge in [-0.25, -0.2) is 0 Å². The lowest BCUT2D eigenvalue weighted by Gasteiger charge is -2.06. The van der Waals surface area contributed by atoms with Crippen molar-refractivity contribution in [2.75, 3.05) is 0 Å². The number of unbranched alkanes of at least 4 members (excludes halogenated alkanes) is 11. The van der Waals surface area contributed by atoms with E-state index >= 15 is 0 Å². The first-order valence-electron chi connectivity index (χ1n) is 8.98. The molecule has 3 heteroatoms. The standard InChI is InChI=1S/C18H32O2S/c1-2-3-4-5-6-7-8-9-10-11-12-13-14-16-15-17(19)20-18(16)21/h16H,2-15H2,1H3. The largest absolute Gasteiger partial charge is 0.419 e. The summed E-state index contributed by atoms with van der Waals surface area (Å²) < 4.78 is 4.92. The van der Waals surface area contributed by atoms with E-state index in [9.17, 15) is 4.79 Å². The van der Waals surface area contributed by atoms with Gasteiger partial charge in [-0.3, -0.25) is 4.79 Å². The van der Waals surface area contributed by atoms with Gasteiger partial charge in [0, 0.05) is 5.92 Å². The molecule has 1 heterocycles. The summed E-state index contributed by atoms with van der Waals surface area (Å²) in [4.78, 5) is 11.1. The van der Waals surface area contributed by atoms with E-state index in [0.717, 1.165) is 6.42 Å². The molecule has 0 aliphatic carbocycles. The molecule has 0 spiro atoms. The molecule has 0 aromatic heterocycles. The second-order valence-corrected chi connectivity index (χ2v) is 6.77. The lowest BCUT2D eigenvalue weighted by molar-refractivity contribution is -0.133. The van der Waals surface area contributed by atoms with E-state index in [1.165, 1.54) is 77.0 Å². The predicted molar refractivity (Wildman–Crippen MR) is 92.5 cm³/mol. The minimum Gasteiger partial charge on any atom is -0.419 e. The fourth-order valence-corrected chi connectivity index (χ4v) is 3.27. The van der Waals surface area contributed by atoms with Crippen molar-refractivity contribution in [2.24, 2.45) is 5.92 Å². The SMILES string of the molecule is CCCCCCCCCCCCCCC1CC(=O)OC1=S. The van der Waals surface area contributed by atoms with E-state index in [1.807, 2.05) is 0 Å². The van der Waals surface area contributed by atoms with Crippen LogP contribution in [-0.2, 0) is 9.53 Å². The number of hydrogen-bond donors (Lipinski definition) is 0. The number of esters is 1. The lowest BCUT2D eigenvalue weighted by Crippen LogP contribution is -2.04. The van der Waals surface area contributed by atoms with E-state index < -0.39 is 0 Å². The third-order valence-electron chi connectivity index (χ3n) is 4.37. The van der Waals surface area contributed by atoms with E-state index in [2.05, 4.69) is 6.92 Å². The first-order chi connectivity index (χ1) is 10.2. The number of carbonyl (C=O) groups is 1. The Hall–Kier alpha value is -0.440. The van der Waals surface area contributed by atoms with Crippen molar-refractivity contribution >= 4 is 23.2 Å². The molecule has 122 valence electrons. The smallest absolute Gasteiger partial charge is 0.312 e. The average Bonchev–Trinajstić information content (AvgIpc) is 2.78. The Labute approximate surface area is 136 Å². The molecule has 0 aromatic rings. The molecule has 0 radical (unpaired) electrons. The summed E-state index contributed by atoms with van der Waals surface area (Å²) in [6, 6.07) is 0. The highest BCUT2D eigenvalue weighted by molar-refractivity contribution is 7.80. The molecule has 0 aromatic carbocycles. The van der Waals surface area contributed by atoms with Crippen LogP contribution in [-0.4, -0.2) is 11.0 Å². The van der Waals surface area contributed by atoms with Crippen LogP contribution in [0.3, 0.4) is 0 Å². The van der Waals surface area contributed by atoms with E-state index in [4.69, 9.17) is 17.0 Å². The maximum Gasteiger partial charge on any atom is 0.312 e. The number of cyclic esters (lactones) is 1. The highest BCUT2D eigenvalue weighted by Gasteiger charge is 2.28. The zero-order valence-corrected chi connectivity index (χ0v) is 14.5. The van der Waals surface area contributed by atoms with E-state index in [-0.39, 0.29) is 11.9 Å². The highest BCUT2D eigenvalue weighted by Crippen LogP contribution is 2.23. The first kappa shape index (κ1) is 18.6. The Morgan fingerprint density at radius 1 is 0.905 bits per heavy atom. The maximum absolute atomic E-state index is 11.1. The van der Waals surface area contributed by atoms with Crippen LogP contribution in [0.5, 0.6) is 0 Å². The fraction of sp³-hybridized carbons (Fsp3) is 0.889. The van der Waals surface area contributed by atoms with Gasteiger partial charge in [-0.05, 0) is 18.6 Å². The molecule has 2 nitrogen and oxygen atoms in total. The molecule has 21 heavy (non-hydrogen) atoms. The van der Waals surface area contributed by atoms with Crippen molar-refractivity contribution in [3.05, 3.63) is 0 Å². The molecule has 1 unspecified atom stereocenters. The monoisotopic (exact) mass is 312 g/mol. The molecular formula is C18H32O2S. The first-order valence-corrected chi connectivity index (χ1v) is 9.39. The predicted octanol–water partition coefficient (Wildman–Crippen LogP) is 5.97. The molecule has 0 saturated carbocycles. The van der Waals surface area contributed by atoms with Crippen LogP contribution in [0.15, 0.2) is 0 Å². The molecule has 1 atom stereocenters. The fourth-order valence-electron chi connectivity index (χ4n) is 2.97. The number of thiocarbonyl (C=S) groups is 1. The van der Waals surface area contributed by atoms with Gasteiger partial charge < -0.3 is 4.74 Å². The van der Waals surface area contributed by atoms with Crippen LogP contribution < -0.4 is 0 Å². The van der Waals surface area contributed by atoms with Crippen molar-refractivity contribution in [2.45, 2.75) is 96.8 Å². The van der Waals surface area contributed by atoms with Crippen LogP contribution in [0, 0.1) is 5.92 Å². The Kier molecular flexibility index (Phi) is 10.8. The molecule has 1 fully saturated rings. The molecule has 0 amide bonds. The van der Waals surface area contributed by atoms with E-state index in [1.54, 1.807) is 0 Å². The third-order valence-corrected chi connectivity index (χ3v) is 4.78. The number of carbonyl (C=O) groups excluding carboxylic acids is 1. The molecule has 1 rings (SSSR count). The summed E-state index contributed by atoms with van der Waals surface area (Å²) in [6.07, 6.45) is 17.9. The van der Waals surface area contributed by atoms with Gasteiger partial charge in [0.1, 0.15) is 0 Å². The lowest BCUT2D eigenvalue weighted by atomic mass is 9.99. The van der Waals surface area contributed by atoms with Crippen molar-refractivity contribution in [1.29, 1.82) is 0 Å². The zero-order chi connectivity index (χ0) is 15.3. The summed E-state index contributed by atoms with van der Waals surface area (Å²) in [5.74, 6) is 0.0829. The van der Waals surface area contributed by atoms with Crippen LogP contribution in [0.4, 0.5) is 0 Å². The Bertz CT molecular complexity index is 302. The number of rotatable bonds is 13. The van der Waals surface area contributed by atoms with E-state index in [0.29, 0.717) is 11.5 Å². The van der Waals surface area contributed by atoms with Gasteiger partial charge >= 0.3 is 5.97 Å². The second kappa shape index (κ2) is 12.1. The van der Waals surface area contributed by atoms with Crippen LogP contribution >= 0.6 is 12.2 Å². The molecule has 1 aliphatic heterocycles. The highest BCUT2D eigenvalue weighted by atomic mass is 32.1. The van der Waals surface area contributed by atoms with Crippen molar-refractivity contribution in [3.8, 4) is 0 Å². The van der Waals surface area contributed by atoms with Gasteiger partial charge in [0.05, 0.1) is 6.42 Å². The van der Waals surface area contributed by atoms with Crippen LogP contribution in [0.1, 0.15) is 96.8 Å². The Morgan fingerprint density at radius 3 is 1.81 bits per heavy atom. The quantitative estimate of drug-likeness (QED) is 0.238. The Morgan fingerprint density at radius 2 is 1.38 bits per heavy atom. The summed E-state index contributed by atoms with van der Waals surface area (Å²) in [5, 5.41) is 0.531. The molecule has 1 saturated heterocycles. The molecule has 0 N–H and O–H groups in total. The third kappa shape index (κ3) is 9.23. The molecular weight excluding hydrogens is 280 g/mol. The second-order valence-electron chi connectivity index (χ2n) is 6.37. The molecule has 1 aliphatic rings.